The van der Waals surface area contributed by atoms with Crippen LogP contribution in [-0.2, 0) is 10.0 Å². The average Bonchev–Trinajstić information content (AvgIpc) is 2.70. The molecule has 110 valence electrons. The number of aromatic carboxylic acids is 1. The molecule has 0 amide bonds. The van der Waals surface area contributed by atoms with Gasteiger partial charge in [-0.25, -0.2) is 13.2 Å². The Bertz CT molecular complexity index is 636. The average molecular weight is 322 g/mol. The quantitative estimate of drug-likeness (QED) is 0.708. The fourth-order valence-electron chi connectivity index (χ4n) is 1.91. The molecule has 1 aromatic rings. The van der Waals surface area contributed by atoms with Gasteiger partial charge in [0.1, 0.15) is 0 Å². The van der Waals surface area contributed by atoms with E-state index in [1.54, 1.807) is 0 Å². The minimum Gasteiger partial charge on any atom is -0.478 e. The lowest BCUT2D eigenvalue weighted by Crippen LogP contribution is -2.30. The van der Waals surface area contributed by atoms with Gasteiger partial charge < -0.3 is 15.3 Å². The van der Waals surface area contributed by atoms with Crippen LogP contribution in [0.3, 0.4) is 0 Å². The van der Waals surface area contributed by atoms with Gasteiger partial charge in [0.2, 0.25) is 10.0 Å². The zero-order valence-corrected chi connectivity index (χ0v) is 11.7. The van der Waals surface area contributed by atoms with Gasteiger partial charge in [-0.1, -0.05) is 11.6 Å². The molecule has 7 nitrogen and oxygen atoms in total. The molecule has 2 unspecified atom stereocenters. The van der Waals surface area contributed by atoms with Crippen LogP contribution in [0.2, 0.25) is 5.02 Å². The normalized spacial score (nSPS) is 23.9. The summed E-state index contributed by atoms with van der Waals surface area (Å²) in [6.45, 7) is -0.483. The molecule has 1 fully saturated rings. The van der Waals surface area contributed by atoms with Gasteiger partial charge in [0, 0.05) is 13.1 Å². The molecule has 0 aromatic heterocycles. The first-order valence-corrected chi connectivity index (χ1v) is 7.44. The monoisotopic (exact) mass is 321 g/mol. The van der Waals surface area contributed by atoms with Crippen molar-refractivity contribution in [1.29, 1.82) is 0 Å². The summed E-state index contributed by atoms with van der Waals surface area (Å²) in [6.07, 6.45) is -2.31. The second-order valence-corrected chi connectivity index (χ2v) is 6.75. The SMILES string of the molecule is O=C(O)c1cc(S(=O)(=O)N2CC(O)C(O)C2)ccc1Cl. The number of rotatable bonds is 3. The third-order valence-electron chi connectivity index (χ3n) is 3.03. The van der Waals surface area contributed by atoms with Crippen LogP contribution in [0.15, 0.2) is 23.1 Å². The number of β-amino-alcohol motifs (C(OH)–C–C–N with tert-alkyl or cyclic N) is 2. The molecule has 1 saturated heterocycles. The first kappa shape index (κ1) is 15.2. The van der Waals surface area contributed by atoms with Crippen molar-refractivity contribution in [1.82, 2.24) is 4.31 Å². The molecular weight excluding hydrogens is 310 g/mol. The van der Waals surface area contributed by atoms with Crippen LogP contribution < -0.4 is 0 Å². The topological polar surface area (TPSA) is 115 Å². The molecule has 1 aliphatic heterocycles. The van der Waals surface area contributed by atoms with Crippen LogP contribution in [0.5, 0.6) is 0 Å². The fraction of sp³-hybridized carbons (Fsp3) is 0.364. The molecule has 1 heterocycles. The molecule has 0 aliphatic carbocycles. The van der Waals surface area contributed by atoms with Gasteiger partial charge in [-0.05, 0) is 18.2 Å². The lowest BCUT2D eigenvalue weighted by molar-refractivity contribution is 0.0572. The highest BCUT2D eigenvalue weighted by Crippen LogP contribution is 2.25. The summed E-state index contributed by atoms with van der Waals surface area (Å²) in [4.78, 5) is 10.7. The van der Waals surface area contributed by atoms with Crippen LogP contribution in [0.25, 0.3) is 0 Å². The molecule has 0 radical (unpaired) electrons. The van der Waals surface area contributed by atoms with E-state index >= 15 is 0 Å². The van der Waals surface area contributed by atoms with Crippen molar-refractivity contribution in [3.63, 3.8) is 0 Å². The standard InChI is InChI=1S/C11H12ClNO6S/c12-8-2-1-6(3-7(8)11(16)17)20(18,19)13-4-9(14)10(15)5-13/h1-3,9-10,14-15H,4-5H2,(H,16,17). The Kier molecular flexibility index (Phi) is 4.03. The summed E-state index contributed by atoms with van der Waals surface area (Å²) >= 11 is 5.68. The summed E-state index contributed by atoms with van der Waals surface area (Å²) in [5, 5.41) is 27.6. The molecular formula is C11H12ClNO6S. The molecule has 2 atom stereocenters. The molecule has 1 aliphatic rings. The highest BCUT2D eigenvalue weighted by Gasteiger charge is 2.37. The van der Waals surface area contributed by atoms with Crippen LogP contribution in [-0.4, -0.2) is 59.3 Å². The highest BCUT2D eigenvalue weighted by atomic mass is 35.5. The van der Waals surface area contributed by atoms with Crippen LogP contribution >= 0.6 is 11.6 Å². The van der Waals surface area contributed by atoms with Gasteiger partial charge in [-0.3, -0.25) is 0 Å². The number of carbonyl (C=O) groups is 1. The lowest BCUT2D eigenvalue weighted by atomic mass is 10.2. The molecule has 0 saturated carbocycles. The van der Waals surface area contributed by atoms with E-state index in [1.807, 2.05) is 0 Å². The largest absolute Gasteiger partial charge is 0.478 e. The van der Waals surface area contributed by atoms with Gasteiger partial charge in [0.25, 0.3) is 0 Å². The predicted molar refractivity (Wildman–Crippen MR) is 69.2 cm³/mol. The number of hydrogen-bond donors (Lipinski definition) is 3. The van der Waals surface area contributed by atoms with Crippen molar-refractivity contribution in [3.8, 4) is 0 Å². The first-order valence-electron chi connectivity index (χ1n) is 5.62. The Labute approximate surface area is 120 Å². The van der Waals surface area contributed by atoms with Crippen molar-refractivity contribution in [2.45, 2.75) is 17.1 Å². The molecule has 2 rings (SSSR count). The Morgan fingerprint density at radius 1 is 1.25 bits per heavy atom. The fourth-order valence-corrected chi connectivity index (χ4v) is 3.61. The van der Waals surface area contributed by atoms with E-state index < -0.39 is 28.2 Å². The molecule has 9 heteroatoms. The first-order chi connectivity index (χ1) is 9.23. The maximum Gasteiger partial charge on any atom is 0.337 e. The molecule has 3 N–H and O–H groups in total. The number of carboxylic acid groups (broad SMARTS) is 1. The summed E-state index contributed by atoms with van der Waals surface area (Å²) in [7, 11) is -3.99. The third-order valence-corrected chi connectivity index (χ3v) is 5.19. The number of halogens is 1. The summed E-state index contributed by atoms with van der Waals surface area (Å²) in [5.41, 5.74) is -0.326. The van der Waals surface area contributed by atoms with Crippen LogP contribution in [0.1, 0.15) is 10.4 Å². The van der Waals surface area contributed by atoms with Crippen molar-refractivity contribution >= 4 is 27.6 Å². The van der Waals surface area contributed by atoms with E-state index in [0.717, 1.165) is 10.4 Å². The number of aliphatic hydroxyl groups excluding tert-OH is 2. The van der Waals surface area contributed by atoms with E-state index in [-0.39, 0.29) is 28.6 Å². The van der Waals surface area contributed by atoms with Crippen molar-refractivity contribution in [3.05, 3.63) is 28.8 Å². The Balaban J connectivity index is 2.40. The number of nitrogens with zero attached hydrogens (tertiary/aromatic N) is 1. The third kappa shape index (κ3) is 2.65. The summed E-state index contributed by atoms with van der Waals surface area (Å²) in [6, 6.07) is 3.32. The zero-order chi connectivity index (χ0) is 15.1. The second-order valence-electron chi connectivity index (χ2n) is 4.40. The van der Waals surface area contributed by atoms with Gasteiger partial charge in [0.15, 0.2) is 0 Å². The van der Waals surface area contributed by atoms with Gasteiger partial charge >= 0.3 is 5.97 Å². The minimum absolute atomic E-state index is 0.0714. The van der Waals surface area contributed by atoms with E-state index in [4.69, 9.17) is 16.7 Å². The maximum atomic E-state index is 12.3. The number of aliphatic hydroxyl groups is 2. The van der Waals surface area contributed by atoms with E-state index in [2.05, 4.69) is 0 Å². The van der Waals surface area contributed by atoms with Crippen LogP contribution in [0.4, 0.5) is 0 Å². The van der Waals surface area contributed by atoms with Gasteiger partial charge in [-0.2, -0.15) is 4.31 Å². The molecule has 1 aromatic carbocycles. The number of benzene rings is 1. The van der Waals surface area contributed by atoms with Crippen molar-refractivity contribution in [2.24, 2.45) is 0 Å². The molecule has 0 bridgehead atoms. The highest BCUT2D eigenvalue weighted by molar-refractivity contribution is 7.89. The molecule has 0 spiro atoms. The Morgan fingerprint density at radius 3 is 2.30 bits per heavy atom. The summed E-state index contributed by atoms with van der Waals surface area (Å²) in [5.74, 6) is -1.34. The molecule has 20 heavy (non-hydrogen) atoms. The second kappa shape index (κ2) is 5.30. The minimum atomic E-state index is -3.99. The van der Waals surface area contributed by atoms with E-state index in [9.17, 15) is 23.4 Å². The van der Waals surface area contributed by atoms with E-state index in [0.29, 0.717) is 0 Å². The van der Waals surface area contributed by atoms with Crippen molar-refractivity contribution in [2.75, 3.05) is 13.1 Å². The predicted octanol–water partition coefficient (Wildman–Crippen LogP) is -0.236. The number of sulfonamides is 1. The smallest absolute Gasteiger partial charge is 0.337 e. The Morgan fingerprint density at radius 2 is 1.80 bits per heavy atom. The van der Waals surface area contributed by atoms with Gasteiger partial charge in [-0.15, -0.1) is 0 Å². The Hall–Kier alpha value is -1.19. The number of hydrogen-bond acceptors (Lipinski definition) is 5. The summed E-state index contributed by atoms with van der Waals surface area (Å²) < 4.78 is 25.5. The van der Waals surface area contributed by atoms with Gasteiger partial charge in [0.05, 0.1) is 27.7 Å². The lowest BCUT2D eigenvalue weighted by Gasteiger charge is -2.16. The zero-order valence-electron chi connectivity index (χ0n) is 10.1. The van der Waals surface area contributed by atoms with Crippen molar-refractivity contribution < 1.29 is 28.5 Å². The maximum absolute atomic E-state index is 12.3. The number of carboxylic acids is 1. The van der Waals surface area contributed by atoms with E-state index in [1.165, 1.54) is 12.1 Å². The van der Waals surface area contributed by atoms with Crippen LogP contribution in [0, 0.1) is 0 Å².